The van der Waals surface area contributed by atoms with Gasteiger partial charge in [0.1, 0.15) is 6.10 Å². The Morgan fingerprint density at radius 2 is 2.31 bits per heavy atom. The zero-order valence-electron chi connectivity index (χ0n) is 9.36. The van der Waals surface area contributed by atoms with E-state index in [-0.39, 0.29) is 18.4 Å². The molecule has 1 amide bonds. The Balaban J connectivity index is 2.30. The number of benzene rings is 1. The predicted molar refractivity (Wildman–Crippen MR) is 60.3 cm³/mol. The van der Waals surface area contributed by atoms with E-state index in [1.165, 1.54) is 0 Å². The number of aliphatic hydroxyl groups is 1. The van der Waals surface area contributed by atoms with Crippen LogP contribution in [0.25, 0.3) is 0 Å². The van der Waals surface area contributed by atoms with E-state index in [1.54, 1.807) is 13.2 Å². The van der Waals surface area contributed by atoms with Crippen molar-refractivity contribution < 1.29 is 14.6 Å². The molecule has 2 N–H and O–H groups in total. The highest BCUT2D eigenvalue weighted by molar-refractivity contribution is 6.02. The number of fused-ring (bicyclic) bond motifs is 1. The molecule has 1 aromatic carbocycles. The van der Waals surface area contributed by atoms with Crippen molar-refractivity contribution in [2.24, 2.45) is 0 Å². The zero-order valence-corrected chi connectivity index (χ0v) is 9.36. The van der Waals surface area contributed by atoms with Gasteiger partial charge in [-0.25, -0.2) is 0 Å². The number of methoxy groups -OCH3 is 1. The minimum absolute atomic E-state index is 0.00776. The first-order valence-electron chi connectivity index (χ1n) is 5.25. The number of hydrogen-bond donors (Lipinski definition) is 2. The number of carbonyl (C=O) groups is 1. The van der Waals surface area contributed by atoms with Crippen LogP contribution in [-0.2, 0) is 9.53 Å². The Hall–Kier alpha value is -1.39. The van der Waals surface area contributed by atoms with Crippen LogP contribution in [0.3, 0.4) is 0 Å². The van der Waals surface area contributed by atoms with E-state index < -0.39 is 6.10 Å². The van der Waals surface area contributed by atoms with Gasteiger partial charge in [0.2, 0.25) is 5.91 Å². The van der Waals surface area contributed by atoms with Crippen molar-refractivity contribution in [1.82, 2.24) is 0 Å². The van der Waals surface area contributed by atoms with Gasteiger partial charge in [-0.3, -0.25) is 4.79 Å². The molecule has 2 atom stereocenters. The molecule has 0 bridgehead atoms. The van der Waals surface area contributed by atoms with Crippen molar-refractivity contribution in [3.63, 3.8) is 0 Å². The highest BCUT2D eigenvalue weighted by atomic mass is 16.5. The van der Waals surface area contributed by atoms with Crippen LogP contribution in [-0.4, -0.2) is 24.7 Å². The summed E-state index contributed by atoms with van der Waals surface area (Å²) in [5.41, 5.74) is 2.56. The van der Waals surface area contributed by atoms with E-state index in [4.69, 9.17) is 4.74 Å². The number of anilines is 1. The highest BCUT2D eigenvalue weighted by Gasteiger charge is 2.27. The molecule has 0 spiro atoms. The van der Waals surface area contributed by atoms with Gasteiger partial charge in [0.05, 0.1) is 12.5 Å². The third-order valence-electron chi connectivity index (χ3n) is 2.90. The summed E-state index contributed by atoms with van der Waals surface area (Å²) in [5.74, 6) is -0.141. The van der Waals surface area contributed by atoms with Crippen LogP contribution < -0.4 is 5.32 Å². The van der Waals surface area contributed by atoms with Crippen molar-refractivity contribution in [1.29, 1.82) is 0 Å². The lowest BCUT2D eigenvalue weighted by Crippen LogP contribution is -2.08. The maximum absolute atomic E-state index is 11.4. The topological polar surface area (TPSA) is 58.6 Å². The lowest BCUT2D eigenvalue weighted by molar-refractivity contribution is -0.116. The second-order valence-electron chi connectivity index (χ2n) is 4.03. The molecule has 1 aromatic rings. The first-order chi connectivity index (χ1) is 7.63. The van der Waals surface area contributed by atoms with Crippen LogP contribution >= 0.6 is 0 Å². The largest absolute Gasteiger partial charge is 0.386 e. The first kappa shape index (κ1) is 11.1. The van der Waals surface area contributed by atoms with E-state index in [0.717, 1.165) is 16.8 Å². The third-order valence-corrected chi connectivity index (χ3v) is 2.90. The number of aliphatic hydroxyl groups excluding tert-OH is 1. The fraction of sp³-hybridized carbons (Fsp3) is 0.417. The Labute approximate surface area is 94.2 Å². The molecule has 0 aromatic heterocycles. The summed E-state index contributed by atoms with van der Waals surface area (Å²) < 4.78 is 4.89. The van der Waals surface area contributed by atoms with Gasteiger partial charge in [-0.15, -0.1) is 0 Å². The molecule has 1 aliphatic heterocycles. The number of ether oxygens (including phenoxy) is 1. The van der Waals surface area contributed by atoms with E-state index >= 15 is 0 Å². The maximum Gasteiger partial charge on any atom is 0.231 e. The summed E-state index contributed by atoms with van der Waals surface area (Å²) in [6.45, 7) is 2.11. The Morgan fingerprint density at radius 3 is 3.00 bits per heavy atom. The lowest BCUT2D eigenvalue weighted by Gasteiger charge is -2.11. The minimum Gasteiger partial charge on any atom is -0.386 e. The van der Waals surface area contributed by atoms with Gasteiger partial charge in [-0.2, -0.15) is 0 Å². The van der Waals surface area contributed by atoms with Crippen molar-refractivity contribution in [3.05, 3.63) is 29.3 Å². The second-order valence-corrected chi connectivity index (χ2v) is 4.03. The fourth-order valence-electron chi connectivity index (χ4n) is 1.90. The maximum atomic E-state index is 11.4. The number of hydrogen-bond acceptors (Lipinski definition) is 3. The molecule has 1 heterocycles. The van der Waals surface area contributed by atoms with Crippen LogP contribution in [0, 0.1) is 0 Å². The molecule has 4 nitrogen and oxygen atoms in total. The van der Waals surface area contributed by atoms with Crippen LogP contribution in [0.4, 0.5) is 5.69 Å². The van der Waals surface area contributed by atoms with E-state index in [0.29, 0.717) is 0 Å². The van der Waals surface area contributed by atoms with E-state index in [2.05, 4.69) is 5.32 Å². The summed E-state index contributed by atoms with van der Waals surface area (Å²) in [7, 11) is 1.55. The standard InChI is InChI=1S/C12H15NO3/c1-7-9-5-8(11(14)6-16-2)3-4-10(9)13-12(7)15/h3-5,7,11,14H,6H2,1-2H3,(H,13,15). The average Bonchev–Trinajstić information content (AvgIpc) is 2.55. The third kappa shape index (κ3) is 1.81. The molecule has 1 aliphatic rings. The number of carbonyl (C=O) groups excluding carboxylic acids is 1. The highest BCUT2D eigenvalue weighted by Crippen LogP contribution is 2.33. The summed E-state index contributed by atoms with van der Waals surface area (Å²) in [6.07, 6.45) is -0.641. The molecule has 0 radical (unpaired) electrons. The van der Waals surface area contributed by atoms with Crippen molar-refractivity contribution in [3.8, 4) is 0 Å². The van der Waals surface area contributed by atoms with Crippen LogP contribution in [0.15, 0.2) is 18.2 Å². The van der Waals surface area contributed by atoms with E-state index in [9.17, 15) is 9.90 Å². The molecule has 2 rings (SSSR count). The molecule has 0 saturated carbocycles. The molecule has 16 heavy (non-hydrogen) atoms. The van der Waals surface area contributed by atoms with Crippen molar-refractivity contribution in [2.45, 2.75) is 18.9 Å². The molecule has 4 heteroatoms. The molecule has 0 saturated heterocycles. The van der Waals surface area contributed by atoms with Crippen molar-refractivity contribution in [2.75, 3.05) is 19.0 Å². The number of nitrogens with one attached hydrogen (secondary N) is 1. The van der Waals surface area contributed by atoms with E-state index in [1.807, 2.05) is 19.1 Å². The SMILES string of the molecule is COCC(O)c1ccc2c(c1)C(C)C(=O)N2. The Morgan fingerprint density at radius 1 is 1.56 bits per heavy atom. The second kappa shape index (κ2) is 4.23. The van der Waals surface area contributed by atoms with Gasteiger partial charge < -0.3 is 15.2 Å². The molecule has 0 aliphatic carbocycles. The average molecular weight is 221 g/mol. The van der Waals surface area contributed by atoms with Crippen LogP contribution in [0.1, 0.15) is 30.1 Å². The molecule has 86 valence electrons. The molecule has 0 fully saturated rings. The smallest absolute Gasteiger partial charge is 0.231 e. The number of rotatable bonds is 3. The predicted octanol–water partition coefficient (Wildman–Crippen LogP) is 1.42. The van der Waals surface area contributed by atoms with Gasteiger partial charge >= 0.3 is 0 Å². The monoisotopic (exact) mass is 221 g/mol. The van der Waals surface area contributed by atoms with Gasteiger partial charge in [-0.1, -0.05) is 12.1 Å². The van der Waals surface area contributed by atoms with Crippen LogP contribution in [0.2, 0.25) is 0 Å². The summed E-state index contributed by atoms with van der Waals surface area (Å²) in [5, 5.41) is 12.6. The fourth-order valence-corrected chi connectivity index (χ4v) is 1.90. The van der Waals surface area contributed by atoms with Gasteiger partial charge in [0, 0.05) is 12.8 Å². The normalized spacial score (nSPS) is 20.4. The summed E-state index contributed by atoms with van der Waals surface area (Å²) in [4.78, 5) is 11.4. The molecule has 2 unspecified atom stereocenters. The quantitative estimate of drug-likeness (QED) is 0.811. The van der Waals surface area contributed by atoms with Crippen LogP contribution in [0.5, 0.6) is 0 Å². The van der Waals surface area contributed by atoms with Crippen molar-refractivity contribution >= 4 is 11.6 Å². The molecular weight excluding hydrogens is 206 g/mol. The Bertz CT molecular complexity index is 417. The van der Waals surface area contributed by atoms with Gasteiger partial charge in [-0.05, 0) is 24.1 Å². The first-order valence-corrected chi connectivity index (χ1v) is 5.25. The van der Waals surface area contributed by atoms with Gasteiger partial charge in [0.15, 0.2) is 0 Å². The summed E-state index contributed by atoms with van der Waals surface area (Å²) >= 11 is 0. The minimum atomic E-state index is -0.641. The number of amides is 1. The Kier molecular flexibility index (Phi) is 2.94. The van der Waals surface area contributed by atoms with Gasteiger partial charge in [0.25, 0.3) is 0 Å². The lowest BCUT2D eigenvalue weighted by atomic mass is 9.98. The summed E-state index contributed by atoms with van der Waals surface area (Å²) in [6, 6.07) is 5.49. The zero-order chi connectivity index (χ0) is 11.7. The molecular formula is C12H15NO3.